The second-order valence-electron chi connectivity index (χ2n) is 11.9. The third-order valence-corrected chi connectivity index (χ3v) is 10.4. The van der Waals surface area contributed by atoms with Crippen LogP contribution in [0.15, 0.2) is 47.3 Å². The molecule has 2 aromatic heterocycles. The van der Waals surface area contributed by atoms with Crippen molar-refractivity contribution in [2.45, 2.75) is 37.6 Å². The Hall–Kier alpha value is -3.27. The lowest BCUT2D eigenvalue weighted by molar-refractivity contribution is 0.249. The van der Waals surface area contributed by atoms with Gasteiger partial charge in [-0.1, -0.05) is 0 Å². The van der Waals surface area contributed by atoms with Crippen LogP contribution in [-0.2, 0) is 4.57 Å². The average Bonchev–Trinajstić information content (AvgIpc) is 3.83. The molecule has 1 saturated heterocycles. The van der Waals surface area contributed by atoms with Crippen LogP contribution in [0.3, 0.4) is 0 Å². The van der Waals surface area contributed by atoms with Crippen LogP contribution in [0, 0.1) is 0 Å². The maximum atomic E-state index is 13.4. The van der Waals surface area contributed by atoms with E-state index in [9.17, 15) is 4.57 Å². The average molecular weight is 666 g/mol. The fourth-order valence-corrected chi connectivity index (χ4v) is 7.58. The molecule has 2 fully saturated rings. The zero-order valence-electron chi connectivity index (χ0n) is 25.3. The lowest BCUT2D eigenvalue weighted by Gasteiger charge is -2.37. The Bertz CT molecular complexity index is 1700. The number of halogens is 1. The van der Waals surface area contributed by atoms with Gasteiger partial charge in [-0.05, 0) is 98.7 Å². The second-order valence-corrected chi connectivity index (χ2v) is 15.9. The molecule has 226 valence electrons. The Labute approximate surface area is 261 Å². The van der Waals surface area contributed by atoms with Crippen LogP contribution in [0.2, 0.25) is 0 Å². The van der Waals surface area contributed by atoms with Crippen LogP contribution in [0.1, 0.15) is 37.2 Å². The lowest BCUT2D eigenvalue weighted by atomic mass is 10.00. The van der Waals surface area contributed by atoms with Gasteiger partial charge in [0.25, 0.3) is 0 Å². The molecule has 0 amide bonds. The number of fused-ring (bicyclic) bond motifs is 1. The molecular weight excluding hydrogens is 627 g/mol. The monoisotopic (exact) mass is 664 g/mol. The molecule has 1 saturated carbocycles. The van der Waals surface area contributed by atoms with E-state index in [0.29, 0.717) is 50.2 Å². The van der Waals surface area contributed by atoms with Crippen LogP contribution in [0.5, 0.6) is 5.75 Å². The standard InChI is InChI=1S/C31H38BrN8O2P/c1-39(2)20-10-14-40(15-11-20)26-17-27(42-3)25(16-21(26)19-6-7-19)37-31-35-18-22(32)30(38-31)36-24-9-8-23-28(34-13-12-33-23)29(24)43(4,5)41/h8-9,12-13,16-20H,6-7,10-11,14-15H2,1-5H3,(H2,35,36,37,38). The van der Waals surface area contributed by atoms with Crippen LogP contribution in [-0.4, -0.2) is 78.5 Å². The van der Waals surface area contributed by atoms with Crippen molar-refractivity contribution in [1.82, 2.24) is 24.8 Å². The summed E-state index contributed by atoms with van der Waals surface area (Å²) in [5.74, 6) is 2.27. The molecule has 2 N–H and O–H groups in total. The Morgan fingerprint density at radius 2 is 1.74 bits per heavy atom. The highest BCUT2D eigenvalue weighted by atomic mass is 79.9. The number of nitrogens with one attached hydrogen (secondary N) is 2. The largest absolute Gasteiger partial charge is 0.494 e. The summed E-state index contributed by atoms with van der Waals surface area (Å²) in [5.41, 5.74) is 5.44. The van der Waals surface area contributed by atoms with Crippen molar-refractivity contribution < 1.29 is 9.30 Å². The summed E-state index contributed by atoms with van der Waals surface area (Å²) >= 11 is 3.59. The van der Waals surface area contributed by atoms with E-state index in [-0.39, 0.29) is 0 Å². The lowest BCUT2D eigenvalue weighted by Crippen LogP contribution is -2.42. The Kier molecular flexibility index (Phi) is 8.33. The number of methoxy groups -OCH3 is 1. The third-order valence-electron chi connectivity index (χ3n) is 8.30. The van der Waals surface area contributed by atoms with Gasteiger partial charge in [-0.25, -0.2) is 4.98 Å². The quantitative estimate of drug-likeness (QED) is 0.197. The fourth-order valence-electron chi connectivity index (χ4n) is 5.90. The summed E-state index contributed by atoms with van der Waals surface area (Å²) in [7, 11) is 3.32. The molecule has 0 unspecified atom stereocenters. The maximum absolute atomic E-state index is 13.4. The van der Waals surface area contributed by atoms with E-state index in [1.807, 2.05) is 12.1 Å². The van der Waals surface area contributed by atoms with E-state index < -0.39 is 7.14 Å². The molecule has 1 aliphatic carbocycles. The topological polar surface area (TPSA) is 108 Å². The molecule has 0 spiro atoms. The molecular formula is C31H38BrN8O2P. The van der Waals surface area contributed by atoms with Crippen molar-refractivity contribution in [2.75, 3.05) is 63.2 Å². The zero-order chi connectivity index (χ0) is 30.3. The first-order chi connectivity index (χ1) is 20.6. The van der Waals surface area contributed by atoms with Crippen LogP contribution in [0.25, 0.3) is 11.0 Å². The van der Waals surface area contributed by atoms with Gasteiger partial charge in [0.05, 0.1) is 33.8 Å². The number of aromatic nitrogens is 4. The molecule has 0 radical (unpaired) electrons. The fraction of sp³-hybridized carbons (Fsp3) is 0.419. The molecule has 2 aliphatic rings. The maximum Gasteiger partial charge on any atom is 0.229 e. The molecule has 0 atom stereocenters. The van der Waals surface area contributed by atoms with E-state index in [1.165, 1.54) is 24.1 Å². The number of rotatable bonds is 9. The number of piperidine rings is 1. The number of nitrogens with zero attached hydrogens (tertiary/aromatic N) is 6. The predicted octanol–water partition coefficient (Wildman–Crippen LogP) is 6.33. The molecule has 0 bridgehead atoms. The van der Waals surface area contributed by atoms with Gasteiger partial charge in [0.15, 0.2) is 0 Å². The number of hydrogen-bond donors (Lipinski definition) is 2. The minimum absolute atomic E-state index is 0.420. The summed E-state index contributed by atoms with van der Waals surface area (Å²) in [6.45, 7) is 5.55. The number of ether oxygens (including phenoxy) is 1. The van der Waals surface area contributed by atoms with Crippen LogP contribution in [0.4, 0.5) is 28.8 Å². The van der Waals surface area contributed by atoms with Gasteiger partial charge in [0.2, 0.25) is 5.95 Å². The first-order valence-electron chi connectivity index (χ1n) is 14.6. The molecule has 12 heteroatoms. The highest BCUT2D eigenvalue weighted by Gasteiger charge is 2.31. The van der Waals surface area contributed by atoms with Gasteiger partial charge in [-0.3, -0.25) is 9.97 Å². The molecule has 4 aromatic rings. The summed E-state index contributed by atoms with van der Waals surface area (Å²) in [5, 5.41) is 7.43. The van der Waals surface area contributed by atoms with Gasteiger partial charge in [-0.2, -0.15) is 4.98 Å². The normalized spacial score (nSPS) is 16.1. The molecule has 6 rings (SSSR count). The van der Waals surface area contributed by atoms with E-state index >= 15 is 0 Å². The summed E-state index contributed by atoms with van der Waals surface area (Å²) in [6, 6.07) is 8.76. The van der Waals surface area contributed by atoms with Gasteiger partial charge in [-0.15, -0.1) is 0 Å². The highest BCUT2D eigenvalue weighted by molar-refractivity contribution is 9.10. The molecule has 3 heterocycles. The first kappa shape index (κ1) is 29.8. The van der Waals surface area contributed by atoms with E-state index in [4.69, 9.17) is 9.72 Å². The van der Waals surface area contributed by atoms with Gasteiger partial charge in [0, 0.05) is 49.5 Å². The van der Waals surface area contributed by atoms with Crippen molar-refractivity contribution in [3.05, 3.63) is 52.9 Å². The highest BCUT2D eigenvalue weighted by Crippen LogP contribution is 2.48. The summed E-state index contributed by atoms with van der Waals surface area (Å²) in [4.78, 5) is 23.1. The van der Waals surface area contributed by atoms with E-state index in [1.54, 1.807) is 39.0 Å². The van der Waals surface area contributed by atoms with Crippen molar-refractivity contribution in [3.8, 4) is 5.75 Å². The Morgan fingerprint density at radius 3 is 2.42 bits per heavy atom. The minimum Gasteiger partial charge on any atom is -0.494 e. The van der Waals surface area contributed by atoms with Crippen molar-refractivity contribution in [2.24, 2.45) is 0 Å². The van der Waals surface area contributed by atoms with E-state index in [0.717, 1.165) is 37.4 Å². The number of anilines is 5. The smallest absolute Gasteiger partial charge is 0.229 e. The predicted molar refractivity (Wildman–Crippen MR) is 179 cm³/mol. The van der Waals surface area contributed by atoms with Crippen molar-refractivity contribution >= 4 is 68.2 Å². The zero-order valence-corrected chi connectivity index (χ0v) is 27.7. The van der Waals surface area contributed by atoms with Crippen LogP contribution < -0.4 is 25.6 Å². The van der Waals surface area contributed by atoms with Crippen LogP contribution >= 0.6 is 23.1 Å². The van der Waals surface area contributed by atoms with Gasteiger partial charge >= 0.3 is 0 Å². The minimum atomic E-state index is -2.73. The molecule has 10 nitrogen and oxygen atoms in total. The third kappa shape index (κ3) is 6.35. The summed E-state index contributed by atoms with van der Waals surface area (Å²) in [6.07, 6.45) is 9.66. The Morgan fingerprint density at radius 1 is 1.00 bits per heavy atom. The van der Waals surface area contributed by atoms with Crippen molar-refractivity contribution in [3.63, 3.8) is 0 Å². The molecule has 43 heavy (non-hydrogen) atoms. The molecule has 2 aromatic carbocycles. The second kappa shape index (κ2) is 12.0. The van der Waals surface area contributed by atoms with Gasteiger partial charge in [0.1, 0.15) is 24.2 Å². The van der Waals surface area contributed by atoms with Crippen molar-refractivity contribution in [1.29, 1.82) is 0 Å². The Balaban J connectivity index is 1.31. The first-order valence-corrected chi connectivity index (χ1v) is 18.0. The number of benzene rings is 2. The summed E-state index contributed by atoms with van der Waals surface area (Å²) < 4.78 is 20.0. The number of hydrogen-bond acceptors (Lipinski definition) is 10. The molecule has 1 aliphatic heterocycles. The SMILES string of the molecule is COc1cc(N2CCC(N(C)C)CC2)c(C2CC2)cc1Nc1ncc(Br)c(Nc2ccc3nccnc3c2P(C)(C)=O)n1. The van der Waals surface area contributed by atoms with Gasteiger partial charge < -0.3 is 29.7 Å². The van der Waals surface area contributed by atoms with E-state index in [2.05, 4.69) is 77.5 Å².